The zero-order valence-corrected chi connectivity index (χ0v) is 8.23. The Labute approximate surface area is 79.8 Å². The van der Waals surface area contributed by atoms with Crippen LogP contribution in [0.15, 0.2) is 30.3 Å². The normalized spacial score (nSPS) is 14.9. The van der Waals surface area contributed by atoms with Crippen molar-refractivity contribution >= 4 is 6.29 Å². The molecule has 0 aliphatic rings. The number of hydrogen-bond acceptors (Lipinski definition) is 1. The van der Waals surface area contributed by atoms with E-state index in [9.17, 15) is 4.79 Å². The lowest BCUT2D eigenvalue weighted by molar-refractivity contribution is -0.110. The van der Waals surface area contributed by atoms with Gasteiger partial charge >= 0.3 is 0 Å². The van der Waals surface area contributed by atoms with Crippen LogP contribution in [-0.2, 0) is 4.79 Å². The van der Waals surface area contributed by atoms with E-state index in [1.165, 1.54) is 0 Å². The van der Waals surface area contributed by atoms with Crippen molar-refractivity contribution in [2.45, 2.75) is 26.2 Å². The second-order valence-corrected chi connectivity index (χ2v) is 3.46. The maximum absolute atomic E-state index is 10.9. The summed E-state index contributed by atoms with van der Waals surface area (Å²) in [6.07, 6.45) is 2.10. The Kier molecular flexibility index (Phi) is 3.69. The Balaban J connectivity index is 2.84. The number of carbonyl (C=O) groups is 1. The van der Waals surface area contributed by atoms with Crippen LogP contribution < -0.4 is 0 Å². The topological polar surface area (TPSA) is 17.1 Å². The second kappa shape index (κ2) is 4.80. The lowest BCUT2D eigenvalue weighted by atomic mass is 9.87. The van der Waals surface area contributed by atoms with Crippen molar-refractivity contribution in [3.8, 4) is 0 Å². The van der Waals surface area contributed by atoms with Crippen LogP contribution in [0.4, 0.5) is 0 Å². The van der Waals surface area contributed by atoms with Crippen molar-refractivity contribution in [3.63, 3.8) is 0 Å². The maximum atomic E-state index is 10.9. The summed E-state index contributed by atoms with van der Waals surface area (Å²) >= 11 is 0. The first-order valence-electron chi connectivity index (χ1n) is 4.79. The van der Waals surface area contributed by atoms with E-state index in [1.807, 2.05) is 30.3 Å². The molecule has 0 N–H and O–H groups in total. The average molecular weight is 176 g/mol. The summed E-state index contributed by atoms with van der Waals surface area (Å²) in [4.78, 5) is 10.9. The van der Waals surface area contributed by atoms with Gasteiger partial charge in [-0.2, -0.15) is 0 Å². The third-order valence-corrected chi connectivity index (χ3v) is 2.59. The highest BCUT2D eigenvalue weighted by Gasteiger charge is 2.16. The summed E-state index contributed by atoms with van der Waals surface area (Å²) in [5.74, 6) is 0.492. The van der Waals surface area contributed by atoms with Crippen LogP contribution in [0.5, 0.6) is 0 Å². The standard InChI is InChI=1S/C12H16O/c1-3-10(2)12(9-13)11-7-5-4-6-8-11/h4-10,12H,3H2,1-2H3. The second-order valence-electron chi connectivity index (χ2n) is 3.46. The van der Waals surface area contributed by atoms with E-state index in [-0.39, 0.29) is 5.92 Å². The molecule has 0 aliphatic heterocycles. The largest absolute Gasteiger partial charge is 0.303 e. The molecule has 0 spiro atoms. The minimum atomic E-state index is 0.0613. The third-order valence-electron chi connectivity index (χ3n) is 2.59. The van der Waals surface area contributed by atoms with Gasteiger partial charge in [-0.3, -0.25) is 0 Å². The summed E-state index contributed by atoms with van der Waals surface area (Å²) in [6.45, 7) is 4.23. The van der Waals surface area contributed by atoms with Gasteiger partial charge < -0.3 is 4.79 Å². The summed E-state index contributed by atoms with van der Waals surface area (Å²) in [5.41, 5.74) is 1.13. The molecule has 1 heteroatoms. The van der Waals surface area contributed by atoms with E-state index in [0.717, 1.165) is 18.3 Å². The molecule has 1 rings (SSSR count). The SMILES string of the molecule is CCC(C)C(C=O)c1ccccc1. The van der Waals surface area contributed by atoms with Gasteiger partial charge in [0.05, 0.1) is 0 Å². The zero-order chi connectivity index (χ0) is 9.68. The lowest BCUT2D eigenvalue weighted by Gasteiger charge is -2.16. The molecule has 0 amide bonds. The Morgan fingerprint density at radius 1 is 1.31 bits per heavy atom. The van der Waals surface area contributed by atoms with Crippen LogP contribution in [0.25, 0.3) is 0 Å². The van der Waals surface area contributed by atoms with Crippen molar-refractivity contribution in [2.75, 3.05) is 0 Å². The van der Waals surface area contributed by atoms with Crippen LogP contribution >= 0.6 is 0 Å². The molecular formula is C12H16O. The molecule has 0 aromatic heterocycles. The molecule has 0 heterocycles. The molecule has 1 nitrogen and oxygen atoms in total. The van der Waals surface area contributed by atoms with Crippen LogP contribution in [-0.4, -0.2) is 6.29 Å². The number of rotatable bonds is 4. The summed E-state index contributed by atoms with van der Waals surface area (Å²) in [5, 5.41) is 0. The van der Waals surface area contributed by atoms with E-state index in [1.54, 1.807) is 0 Å². The molecule has 0 saturated carbocycles. The minimum Gasteiger partial charge on any atom is -0.303 e. The molecule has 1 aromatic carbocycles. The predicted molar refractivity (Wildman–Crippen MR) is 54.7 cm³/mol. The van der Waals surface area contributed by atoms with Crippen molar-refractivity contribution in [2.24, 2.45) is 5.92 Å². The summed E-state index contributed by atoms with van der Waals surface area (Å²) < 4.78 is 0. The van der Waals surface area contributed by atoms with Crippen LogP contribution in [0.2, 0.25) is 0 Å². The molecule has 0 saturated heterocycles. The quantitative estimate of drug-likeness (QED) is 0.644. The first-order valence-corrected chi connectivity index (χ1v) is 4.79. The first-order chi connectivity index (χ1) is 6.29. The molecule has 70 valence electrons. The van der Waals surface area contributed by atoms with Gasteiger partial charge in [0.15, 0.2) is 0 Å². The molecule has 13 heavy (non-hydrogen) atoms. The van der Waals surface area contributed by atoms with Gasteiger partial charge in [0.1, 0.15) is 6.29 Å². The van der Waals surface area contributed by atoms with Crippen molar-refractivity contribution in [1.29, 1.82) is 0 Å². The predicted octanol–water partition coefficient (Wildman–Crippen LogP) is 3.02. The van der Waals surface area contributed by atoms with Crippen molar-refractivity contribution in [3.05, 3.63) is 35.9 Å². The van der Waals surface area contributed by atoms with Gasteiger partial charge in [-0.05, 0) is 11.5 Å². The Morgan fingerprint density at radius 2 is 1.92 bits per heavy atom. The molecule has 0 bridgehead atoms. The number of benzene rings is 1. The highest BCUT2D eigenvalue weighted by atomic mass is 16.1. The maximum Gasteiger partial charge on any atom is 0.127 e. The zero-order valence-electron chi connectivity index (χ0n) is 8.23. The monoisotopic (exact) mass is 176 g/mol. The Hall–Kier alpha value is -1.11. The van der Waals surface area contributed by atoms with E-state index in [0.29, 0.717) is 5.92 Å². The van der Waals surface area contributed by atoms with Gasteiger partial charge in [-0.1, -0.05) is 50.6 Å². The number of carbonyl (C=O) groups excluding carboxylic acids is 1. The molecule has 2 atom stereocenters. The van der Waals surface area contributed by atoms with Crippen LogP contribution in [0.1, 0.15) is 31.7 Å². The van der Waals surface area contributed by atoms with Gasteiger partial charge in [0.25, 0.3) is 0 Å². The molecule has 0 fully saturated rings. The van der Waals surface area contributed by atoms with Gasteiger partial charge in [0.2, 0.25) is 0 Å². The fourth-order valence-electron chi connectivity index (χ4n) is 1.47. The average Bonchev–Trinajstić information content (AvgIpc) is 2.20. The Morgan fingerprint density at radius 3 is 2.38 bits per heavy atom. The number of hydrogen-bond donors (Lipinski definition) is 0. The fourth-order valence-corrected chi connectivity index (χ4v) is 1.47. The summed E-state index contributed by atoms with van der Waals surface area (Å²) in [7, 11) is 0. The van der Waals surface area contributed by atoms with E-state index < -0.39 is 0 Å². The lowest BCUT2D eigenvalue weighted by Crippen LogP contribution is -2.10. The van der Waals surface area contributed by atoms with Crippen molar-refractivity contribution < 1.29 is 4.79 Å². The highest BCUT2D eigenvalue weighted by Crippen LogP contribution is 2.24. The van der Waals surface area contributed by atoms with E-state index in [4.69, 9.17) is 0 Å². The number of aldehydes is 1. The molecule has 0 aliphatic carbocycles. The van der Waals surface area contributed by atoms with Crippen molar-refractivity contribution in [1.82, 2.24) is 0 Å². The molecule has 1 aromatic rings. The van der Waals surface area contributed by atoms with Crippen LogP contribution in [0, 0.1) is 5.92 Å². The minimum absolute atomic E-state index is 0.0613. The highest BCUT2D eigenvalue weighted by molar-refractivity contribution is 5.62. The third kappa shape index (κ3) is 2.41. The van der Waals surface area contributed by atoms with Gasteiger partial charge in [-0.15, -0.1) is 0 Å². The summed E-state index contributed by atoms with van der Waals surface area (Å²) in [6, 6.07) is 9.97. The van der Waals surface area contributed by atoms with E-state index >= 15 is 0 Å². The fraction of sp³-hybridized carbons (Fsp3) is 0.417. The van der Waals surface area contributed by atoms with Gasteiger partial charge in [-0.25, -0.2) is 0 Å². The smallest absolute Gasteiger partial charge is 0.127 e. The molecule has 2 unspecified atom stereocenters. The molecular weight excluding hydrogens is 160 g/mol. The Bertz CT molecular complexity index is 253. The van der Waals surface area contributed by atoms with Gasteiger partial charge in [0, 0.05) is 5.92 Å². The molecule has 0 radical (unpaired) electrons. The van der Waals surface area contributed by atoms with Crippen LogP contribution in [0.3, 0.4) is 0 Å². The first kappa shape index (κ1) is 9.97. The van der Waals surface area contributed by atoms with E-state index in [2.05, 4.69) is 13.8 Å².